The second kappa shape index (κ2) is 6.75. The molecule has 1 aromatic heterocycles. The third kappa shape index (κ3) is 3.96. The van der Waals surface area contributed by atoms with E-state index in [-0.39, 0.29) is 6.04 Å². The number of rotatable bonds is 5. The van der Waals surface area contributed by atoms with E-state index in [0.717, 1.165) is 25.0 Å². The van der Waals surface area contributed by atoms with Crippen LogP contribution in [0.3, 0.4) is 0 Å². The molecular formula is C14H15BrClNOS. The predicted octanol–water partition coefficient (Wildman–Crippen LogP) is 5.02. The van der Waals surface area contributed by atoms with Crippen LogP contribution in [0.5, 0.6) is 5.75 Å². The van der Waals surface area contributed by atoms with E-state index in [4.69, 9.17) is 16.3 Å². The molecule has 0 saturated heterocycles. The molecule has 2 aromatic rings. The second-order valence-corrected chi connectivity index (χ2v) is 6.90. The van der Waals surface area contributed by atoms with Crippen LogP contribution in [-0.2, 0) is 6.61 Å². The molecule has 1 atom stereocenters. The highest BCUT2D eigenvalue weighted by molar-refractivity contribution is 9.10. The molecule has 19 heavy (non-hydrogen) atoms. The van der Waals surface area contributed by atoms with Crippen molar-refractivity contribution in [1.29, 1.82) is 0 Å². The van der Waals surface area contributed by atoms with E-state index >= 15 is 0 Å². The van der Waals surface area contributed by atoms with Gasteiger partial charge in [0.15, 0.2) is 0 Å². The van der Waals surface area contributed by atoms with Gasteiger partial charge in [-0.1, -0.05) is 27.5 Å². The van der Waals surface area contributed by atoms with Crippen molar-refractivity contribution in [1.82, 2.24) is 5.32 Å². The van der Waals surface area contributed by atoms with Crippen LogP contribution in [0.2, 0.25) is 4.34 Å². The molecule has 102 valence electrons. The Kier molecular flexibility index (Phi) is 5.28. The molecule has 1 N–H and O–H groups in total. The molecule has 0 saturated carbocycles. The van der Waals surface area contributed by atoms with E-state index in [1.54, 1.807) is 11.3 Å². The van der Waals surface area contributed by atoms with Gasteiger partial charge in [0.1, 0.15) is 12.4 Å². The number of thiophene rings is 1. The summed E-state index contributed by atoms with van der Waals surface area (Å²) >= 11 is 11.0. The van der Waals surface area contributed by atoms with E-state index in [1.807, 2.05) is 31.3 Å². The van der Waals surface area contributed by atoms with Crippen molar-refractivity contribution >= 4 is 38.9 Å². The molecule has 1 aromatic carbocycles. The van der Waals surface area contributed by atoms with Crippen molar-refractivity contribution in [3.8, 4) is 5.75 Å². The zero-order valence-corrected chi connectivity index (χ0v) is 13.9. The monoisotopic (exact) mass is 359 g/mol. The van der Waals surface area contributed by atoms with Gasteiger partial charge in [-0.25, -0.2) is 0 Å². The van der Waals surface area contributed by atoms with Gasteiger partial charge in [0.25, 0.3) is 0 Å². The molecule has 0 radical (unpaired) electrons. The average Bonchev–Trinajstić information content (AvgIpc) is 2.82. The quantitative estimate of drug-likeness (QED) is 0.808. The zero-order chi connectivity index (χ0) is 13.8. The number of benzene rings is 1. The Labute approximate surface area is 130 Å². The molecule has 0 aliphatic rings. The van der Waals surface area contributed by atoms with Gasteiger partial charge in [0.2, 0.25) is 0 Å². The summed E-state index contributed by atoms with van der Waals surface area (Å²) in [5, 5.41) is 3.23. The molecule has 0 fully saturated rings. The summed E-state index contributed by atoms with van der Waals surface area (Å²) in [5.74, 6) is 0.898. The lowest BCUT2D eigenvalue weighted by atomic mass is 10.1. The topological polar surface area (TPSA) is 21.3 Å². The molecule has 0 aliphatic heterocycles. The Bertz CT molecular complexity index is 558. The van der Waals surface area contributed by atoms with Crippen LogP contribution in [0.4, 0.5) is 0 Å². The zero-order valence-electron chi connectivity index (χ0n) is 10.7. The minimum Gasteiger partial charge on any atom is -0.488 e. The van der Waals surface area contributed by atoms with Crippen LogP contribution in [0.1, 0.15) is 23.4 Å². The predicted molar refractivity (Wildman–Crippen MR) is 85.3 cm³/mol. The normalized spacial score (nSPS) is 12.4. The summed E-state index contributed by atoms with van der Waals surface area (Å²) in [5.41, 5.74) is 1.14. The summed E-state index contributed by atoms with van der Waals surface area (Å²) < 4.78 is 7.75. The minimum absolute atomic E-state index is 0.236. The first-order valence-corrected chi connectivity index (χ1v) is 7.92. The van der Waals surface area contributed by atoms with E-state index in [2.05, 4.69) is 34.2 Å². The first kappa shape index (κ1) is 14.9. The number of nitrogens with one attached hydrogen (secondary N) is 1. The van der Waals surface area contributed by atoms with Crippen molar-refractivity contribution in [2.24, 2.45) is 0 Å². The van der Waals surface area contributed by atoms with E-state index in [0.29, 0.717) is 6.61 Å². The van der Waals surface area contributed by atoms with Gasteiger partial charge in [0.05, 0.1) is 4.34 Å². The molecule has 0 amide bonds. The maximum atomic E-state index is 5.91. The van der Waals surface area contributed by atoms with Crippen molar-refractivity contribution in [2.45, 2.75) is 19.6 Å². The van der Waals surface area contributed by atoms with Gasteiger partial charge in [0, 0.05) is 21.0 Å². The van der Waals surface area contributed by atoms with Gasteiger partial charge < -0.3 is 10.1 Å². The Morgan fingerprint density at radius 3 is 2.79 bits per heavy atom. The molecule has 2 rings (SSSR count). The molecule has 0 bridgehead atoms. The van der Waals surface area contributed by atoms with E-state index in [9.17, 15) is 0 Å². The number of hydrogen-bond donors (Lipinski definition) is 1. The second-order valence-electron chi connectivity index (χ2n) is 4.19. The number of halogens is 2. The maximum Gasteiger partial charge on any atom is 0.124 e. The molecular weight excluding hydrogens is 346 g/mol. The Morgan fingerprint density at radius 1 is 1.37 bits per heavy atom. The molecule has 0 aliphatic carbocycles. The maximum absolute atomic E-state index is 5.91. The van der Waals surface area contributed by atoms with E-state index < -0.39 is 0 Å². The fourth-order valence-electron chi connectivity index (χ4n) is 1.72. The Balaban J connectivity index is 2.15. The van der Waals surface area contributed by atoms with Gasteiger partial charge in [-0.05, 0) is 44.3 Å². The SMILES string of the molecule is CNC(C)c1cc(Br)ccc1OCc1ccc(Cl)s1. The highest BCUT2D eigenvalue weighted by atomic mass is 79.9. The minimum atomic E-state index is 0.236. The molecule has 2 nitrogen and oxygen atoms in total. The largest absolute Gasteiger partial charge is 0.488 e. The molecule has 1 heterocycles. The first-order chi connectivity index (χ1) is 9.10. The summed E-state index contributed by atoms with van der Waals surface area (Å²) in [6.45, 7) is 2.65. The summed E-state index contributed by atoms with van der Waals surface area (Å²) in [6, 6.07) is 10.2. The molecule has 0 spiro atoms. The fourth-order valence-corrected chi connectivity index (χ4v) is 3.10. The third-order valence-corrected chi connectivity index (χ3v) is 4.57. The van der Waals surface area contributed by atoms with Crippen LogP contribution in [-0.4, -0.2) is 7.05 Å². The highest BCUT2D eigenvalue weighted by Crippen LogP contribution is 2.30. The van der Waals surface area contributed by atoms with Gasteiger partial charge >= 0.3 is 0 Å². The highest BCUT2D eigenvalue weighted by Gasteiger charge is 2.11. The van der Waals surface area contributed by atoms with E-state index in [1.165, 1.54) is 0 Å². The summed E-state index contributed by atoms with van der Waals surface area (Å²) in [6.07, 6.45) is 0. The van der Waals surface area contributed by atoms with Crippen LogP contribution in [0.15, 0.2) is 34.8 Å². The Morgan fingerprint density at radius 2 is 2.16 bits per heavy atom. The lowest BCUT2D eigenvalue weighted by Crippen LogP contribution is -2.13. The standard InChI is InChI=1S/C14H15BrClNOS/c1-9(17-2)12-7-10(15)3-5-13(12)18-8-11-4-6-14(16)19-11/h3-7,9,17H,8H2,1-2H3. The third-order valence-electron chi connectivity index (χ3n) is 2.87. The van der Waals surface area contributed by atoms with Crippen molar-refractivity contribution in [3.05, 3.63) is 49.6 Å². The lowest BCUT2D eigenvalue weighted by molar-refractivity contribution is 0.303. The lowest BCUT2D eigenvalue weighted by Gasteiger charge is -2.16. The average molecular weight is 361 g/mol. The van der Waals surface area contributed by atoms with Crippen LogP contribution in [0.25, 0.3) is 0 Å². The van der Waals surface area contributed by atoms with Crippen molar-refractivity contribution in [2.75, 3.05) is 7.05 Å². The fraction of sp³-hybridized carbons (Fsp3) is 0.286. The molecule has 1 unspecified atom stereocenters. The number of hydrogen-bond acceptors (Lipinski definition) is 3. The van der Waals surface area contributed by atoms with Gasteiger partial charge in [-0.2, -0.15) is 0 Å². The summed E-state index contributed by atoms with van der Waals surface area (Å²) in [7, 11) is 1.94. The first-order valence-electron chi connectivity index (χ1n) is 5.94. The van der Waals surface area contributed by atoms with Crippen LogP contribution >= 0.6 is 38.9 Å². The van der Waals surface area contributed by atoms with Crippen molar-refractivity contribution in [3.63, 3.8) is 0 Å². The summed E-state index contributed by atoms with van der Waals surface area (Å²) in [4.78, 5) is 1.12. The smallest absolute Gasteiger partial charge is 0.124 e. The van der Waals surface area contributed by atoms with Crippen LogP contribution in [0, 0.1) is 0 Å². The van der Waals surface area contributed by atoms with Gasteiger partial charge in [-0.3, -0.25) is 0 Å². The van der Waals surface area contributed by atoms with Crippen LogP contribution < -0.4 is 10.1 Å². The van der Waals surface area contributed by atoms with Crippen molar-refractivity contribution < 1.29 is 4.74 Å². The number of ether oxygens (including phenoxy) is 1. The Hall–Kier alpha value is -0.550. The van der Waals surface area contributed by atoms with Gasteiger partial charge in [-0.15, -0.1) is 11.3 Å². The molecule has 5 heteroatoms.